The molecule has 0 radical (unpaired) electrons. The van der Waals surface area contributed by atoms with Crippen LogP contribution in [0.1, 0.15) is 31.9 Å². The maximum atomic E-state index is 3.57. The van der Waals surface area contributed by atoms with Crippen LogP contribution in [0.3, 0.4) is 0 Å². The van der Waals surface area contributed by atoms with Gasteiger partial charge in [-0.1, -0.05) is 39.0 Å². The van der Waals surface area contributed by atoms with Crippen LogP contribution in [0, 0.1) is 5.41 Å². The number of anilines is 1. The van der Waals surface area contributed by atoms with Crippen molar-refractivity contribution in [1.29, 1.82) is 0 Å². The summed E-state index contributed by atoms with van der Waals surface area (Å²) in [6.07, 6.45) is 2.32. The molecule has 0 unspecified atom stereocenters. The molecule has 0 amide bonds. The quantitative estimate of drug-likeness (QED) is 0.715. The first-order valence-electron chi connectivity index (χ1n) is 5.47. The molecule has 0 spiro atoms. The highest BCUT2D eigenvalue weighted by Gasteiger charge is 2.25. The van der Waals surface area contributed by atoms with Crippen molar-refractivity contribution in [2.24, 2.45) is 5.41 Å². The lowest BCUT2D eigenvalue weighted by molar-refractivity contribution is 0.379. The fraction of sp³-hybridized carbons (Fsp3) is 0.538. The van der Waals surface area contributed by atoms with E-state index in [1.807, 2.05) is 0 Å². The second-order valence-corrected chi connectivity index (χ2v) is 5.00. The summed E-state index contributed by atoms with van der Waals surface area (Å²) >= 11 is 0. The fourth-order valence-electron chi connectivity index (χ4n) is 2.23. The molecule has 1 aromatic carbocycles. The zero-order chi connectivity index (χ0) is 10.2. The highest BCUT2D eigenvalue weighted by Crippen LogP contribution is 2.34. The largest absolute Gasteiger partial charge is 0.384 e. The number of rotatable bonds is 1. The molecule has 1 aliphatic heterocycles. The zero-order valence-corrected chi connectivity index (χ0v) is 9.35. The van der Waals surface area contributed by atoms with Crippen molar-refractivity contribution >= 4 is 5.69 Å². The smallest absolute Gasteiger partial charge is 0.0405 e. The number of benzene rings is 1. The van der Waals surface area contributed by atoms with Gasteiger partial charge in [0, 0.05) is 12.2 Å². The number of fused-ring (bicyclic) bond motifs is 1. The maximum Gasteiger partial charge on any atom is 0.0405 e. The van der Waals surface area contributed by atoms with Crippen molar-refractivity contribution in [3.63, 3.8) is 0 Å². The van der Waals surface area contributed by atoms with Gasteiger partial charge < -0.3 is 5.32 Å². The minimum Gasteiger partial charge on any atom is -0.384 e. The van der Waals surface area contributed by atoms with Crippen molar-refractivity contribution in [3.05, 3.63) is 29.3 Å². The van der Waals surface area contributed by atoms with Crippen molar-refractivity contribution < 1.29 is 0 Å². The van der Waals surface area contributed by atoms with Crippen LogP contribution >= 0.6 is 0 Å². The van der Waals surface area contributed by atoms with Gasteiger partial charge in [-0.15, -0.1) is 0 Å². The lowest BCUT2D eigenvalue weighted by Crippen LogP contribution is -2.31. The Balaban J connectivity index is 2.40. The van der Waals surface area contributed by atoms with Gasteiger partial charge in [0.05, 0.1) is 0 Å². The van der Waals surface area contributed by atoms with Crippen LogP contribution in [0.25, 0.3) is 0 Å². The lowest BCUT2D eigenvalue weighted by atomic mass is 9.81. The summed E-state index contributed by atoms with van der Waals surface area (Å²) in [7, 11) is 0. The van der Waals surface area contributed by atoms with Crippen molar-refractivity contribution in [3.8, 4) is 0 Å². The van der Waals surface area contributed by atoms with Gasteiger partial charge in [0.25, 0.3) is 0 Å². The Hall–Kier alpha value is -0.980. The molecule has 0 aromatic heterocycles. The van der Waals surface area contributed by atoms with Gasteiger partial charge in [0.15, 0.2) is 0 Å². The first-order chi connectivity index (χ1) is 6.62. The first-order valence-corrected chi connectivity index (χ1v) is 5.47. The molecular formula is C13H19N. The molecule has 1 aliphatic rings. The minimum absolute atomic E-state index is 0.402. The third kappa shape index (κ3) is 1.63. The van der Waals surface area contributed by atoms with E-state index < -0.39 is 0 Å². The molecule has 76 valence electrons. The molecule has 1 aromatic rings. The molecule has 0 fully saturated rings. The molecule has 1 heteroatoms. The molecule has 1 nitrogen and oxygen atoms in total. The predicted molar refractivity (Wildman–Crippen MR) is 61.8 cm³/mol. The molecule has 0 bridgehead atoms. The topological polar surface area (TPSA) is 12.0 Å². The molecule has 1 N–H and O–H groups in total. The maximum absolute atomic E-state index is 3.57. The van der Waals surface area contributed by atoms with Gasteiger partial charge in [-0.3, -0.25) is 0 Å². The highest BCUT2D eigenvalue weighted by atomic mass is 14.9. The van der Waals surface area contributed by atoms with Gasteiger partial charge in [-0.25, -0.2) is 0 Å². The standard InChI is InChI=1S/C13H19N/c1-4-10-6-5-7-11-8-13(2,3)9-14-12(10)11/h5-7,14H,4,8-9H2,1-3H3. The molecule has 1 heterocycles. The Morgan fingerprint density at radius 2 is 2.14 bits per heavy atom. The van der Waals surface area contributed by atoms with E-state index in [-0.39, 0.29) is 0 Å². The van der Waals surface area contributed by atoms with Crippen LogP contribution in [0.2, 0.25) is 0 Å². The fourth-order valence-corrected chi connectivity index (χ4v) is 2.23. The molecule has 2 rings (SSSR count). The van der Waals surface area contributed by atoms with Crippen molar-refractivity contribution in [2.75, 3.05) is 11.9 Å². The van der Waals surface area contributed by atoms with E-state index >= 15 is 0 Å². The third-order valence-electron chi connectivity index (χ3n) is 3.03. The average molecular weight is 189 g/mol. The zero-order valence-electron chi connectivity index (χ0n) is 9.35. The number of nitrogens with one attached hydrogen (secondary N) is 1. The van der Waals surface area contributed by atoms with Gasteiger partial charge in [-0.2, -0.15) is 0 Å². The van der Waals surface area contributed by atoms with Crippen molar-refractivity contribution in [2.45, 2.75) is 33.6 Å². The molecule has 0 aliphatic carbocycles. The van der Waals surface area contributed by atoms with Crippen LogP contribution in [-0.2, 0) is 12.8 Å². The molecule has 14 heavy (non-hydrogen) atoms. The van der Waals surface area contributed by atoms with Crippen LogP contribution in [0.5, 0.6) is 0 Å². The SMILES string of the molecule is CCc1cccc2c1NCC(C)(C)C2. The Labute approximate surface area is 86.5 Å². The number of hydrogen-bond donors (Lipinski definition) is 1. The summed E-state index contributed by atoms with van der Waals surface area (Å²) in [5, 5.41) is 3.57. The second-order valence-electron chi connectivity index (χ2n) is 5.00. The van der Waals surface area contributed by atoms with E-state index in [0.717, 1.165) is 13.0 Å². The number of para-hydroxylation sites is 1. The van der Waals surface area contributed by atoms with E-state index in [2.05, 4.69) is 44.3 Å². The van der Waals surface area contributed by atoms with Crippen molar-refractivity contribution in [1.82, 2.24) is 0 Å². The van der Waals surface area contributed by atoms with Gasteiger partial charge >= 0.3 is 0 Å². The molecule has 0 saturated carbocycles. The normalized spacial score (nSPS) is 18.5. The minimum atomic E-state index is 0.402. The van der Waals surface area contributed by atoms with E-state index in [1.54, 1.807) is 0 Å². The number of aryl methyl sites for hydroxylation is 1. The predicted octanol–water partition coefficient (Wildman–Crippen LogP) is 3.24. The van der Waals surface area contributed by atoms with Gasteiger partial charge in [0.1, 0.15) is 0 Å². The van der Waals surface area contributed by atoms with E-state index in [4.69, 9.17) is 0 Å². The molecule has 0 saturated heterocycles. The van der Waals surface area contributed by atoms with Crippen LogP contribution in [0.15, 0.2) is 18.2 Å². The summed E-state index contributed by atoms with van der Waals surface area (Å²) < 4.78 is 0. The third-order valence-corrected chi connectivity index (χ3v) is 3.03. The summed E-state index contributed by atoms with van der Waals surface area (Å²) in [6.45, 7) is 7.96. The van der Waals surface area contributed by atoms with Crippen LogP contribution in [-0.4, -0.2) is 6.54 Å². The summed E-state index contributed by atoms with van der Waals surface area (Å²) in [6, 6.07) is 6.66. The second kappa shape index (κ2) is 3.30. The van der Waals surface area contributed by atoms with Gasteiger partial charge in [-0.05, 0) is 29.4 Å². The van der Waals surface area contributed by atoms with E-state index in [1.165, 1.54) is 23.2 Å². The van der Waals surface area contributed by atoms with E-state index in [0.29, 0.717) is 5.41 Å². The Morgan fingerprint density at radius 3 is 2.86 bits per heavy atom. The number of hydrogen-bond acceptors (Lipinski definition) is 1. The lowest BCUT2D eigenvalue weighted by Gasteiger charge is -2.33. The Morgan fingerprint density at radius 1 is 1.36 bits per heavy atom. The Kier molecular flexibility index (Phi) is 2.26. The van der Waals surface area contributed by atoms with Gasteiger partial charge in [0.2, 0.25) is 0 Å². The monoisotopic (exact) mass is 189 g/mol. The van der Waals surface area contributed by atoms with Crippen LogP contribution < -0.4 is 5.32 Å². The summed E-state index contributed by atoms with van der Waals surface area (Å²) in [5.74, 6) is 0. The Bertz CT molecular complexity index is 339. The highest BCUT2D eigenvalue weighted by molar-refractivity contribution is 5.59. The first kappa shape index (κ1) is 9.57. The summed E-state index contributed by atoms with van der Waals surface area (Å²) in [5.41, 5.74) is 4.74. The molecule has 0 atom stereocenters. The average Bonchev–Trinajstić information content (AvgIpc) is 2.15. The molecular weight excluding hydrogens is 170 g/mol. The van der Waals surface area contributed by atoms with Crippen LogP contribution in [0.4, 0.5) is 5.69 Å². The summed E-state index contributed by atoms with van der Waals surface area (Å²) in [4.78, 5) is 0. The van der Waals surface area contributed by atoms with E-state index in [9.17, 15) is 0 Å².